The van der Waals surface area contributed by atoms with E-state index in [9.17, 15) is 0 Å². The van der Waals surface area contributed by atoms with Gasteiger partial charge in [0.2, 0.25) is 0 Å². The van der Waals surface area contributed by atoms with Crippen molar-refractivity contribution < 1.29 is 4.74 Å². The summed E-state index contributed by atoms with van der Waals surface area (Å²) in [6.07, 6.45) is 1.86. The summed E-state index contributed by atoms with van der Waals surface area (Å²) in [7, 11) is 0. The number of benzene rings is 4. The molecule has 0 fully saturated rings. The molecule has 0 aliphatic rings. The van der Waals surface area contributed by atoms with Crippen LogP contribution < -0.4 is 4.74 Å². The van der Waals surface area contributed by atoms with Gasteiger partial charge < -0.3 is 4.74 Å². The van der Waals surface area contributed by atoms with Gasteiger partial charge in [0.25, 0.3) is 0 Å². The van der Waals surface area contributed by atoms with Crippen molar-refractivity contribution in [3.63, 3.8) is 0 Å². The number of hydrogen-bond donors (Lipinski definition) is 0. The van der Waals surface area contributed by atoms with Gasteiger partial charge in [-0.3, -0.25) is 4.57 Å². The molecular formula is C39H36N4O. The third kappa shape index (κ3) is 4.84. The molecule has 0 spiro atoms. The van der Waals surface area contributed by atoms with Gasteiger partial charge in [-0.1, -0.05) is 69.3 Å². The van der Waals surface area contributed by atoms with Gasteiger partial charge in [-0.2, -0.15) is 5.10 Å². The van der Waals surface area contributed by atoms with E-state index >= 15 is 0 Å². The van der Waals surface area contributed by atoms with E-state index in [2.05, 4.69) is 125 Å². The maximum Gasteiger partial charge on any atom is 0.137 e. The van der Waals surface area contributed by atoms with Gasteiger partial charge in [-0.05, 0) is 85.3 Å². The van der Waals surface area contributed by atoms with Crippen LogP contribution in [0.15, 0.2) is 109 Å². The van der Waals surface area contributed by atoms with Gasteiger partial charge in [0.1, 0.15) is 17.3 Å². The van der Waals surface area contributed by atoms with Gasteiger partial charge in [0, 0.05) is 40.4 Å². The fourth-order valence-corrected chi connectivity index (χ4v) is 6.17. The third-order valence-electron chi connectivity index (χ3n) is 8.38. The van der Waals surface area contributed by atoms with E-state index in [1.807, 2.05) is 35.1 Å². The van der Waals surface area contributed by atoms with Crippen molar-refractivity contribution in [1.82, 2.24) is 19.3 Å². The van der Waals surface area contributed by atoms with Gasteiger partial charge >= 0.3 is 0 Å². The van der Waals surface area contributed by atoms with Crippen LogP contribution in [0.3, 0.4) is 0 Å². The van der Waals surface area contributed by atoms with Crippen LogP contribution in [0.4, 0.5) is 0 Å². The first-order valence-corrected chi connectivity index (χ1v) is 15.1. The van der Waals surface area contributed by atoms with Crippen molar-refractivity contribution in [2.75, 3.05) is 0 Å². The average molecular weight is 577 g/mol. The predicted molar refractivity (Wildman–Crippen MR) is 181 cm³/mol. The van der Waals surface area contributed by atoms with Gasteiger partial charge in [0.15, 0.2) is 0 Å². The summed E-state index contributed by atoms with van der Waals surface area (Å²) >= 11 is 0. The highest BCUT2D eigenvalue weighted by Gasteiger charge is 2.19. The normalized spacial score (nSPS) is 11.9. The topological polar surface area (TPSA) is 44.9 Å². The molecule has 4 aromatic carbocycles. The summed E-state index contributed by atoms with van der Waals surface area (Å²) in [6.45, 7) is 13.1. The van der Waals surface area contributed by atoms with Crippen LogP contribution in [0.2, 0.25) is 0 Å². The minimum atomic E-state index is 0.0768. The Morgan fingerprint density at radius 1 is 0.682 bits per heavy atom. The molecule has 44 heavy (non-hydrogen) atoms. The first-order valence-electron chi connectivity index (χ1n) is 15.1. The molecule has 7 rings (SSSR count). The minimum absolute atomic E-state index is 0.0768. The fraction of sp³-hybridized carbons (Fsp3) is 0.179. The number of aryl methyl sites for hydroxylation is 2. The second kappa shape index (κ2) is 10.5. The van der Waals surface area contributed by atoms with Crippen LogP contribution in [0.5, 0.6) is 11.5 Å². The lowest BCUT2D eigenvalue weighted by Gasteiger charge is -2.20. The van der Waals surface area contributed by atoms with Crippen molar-refractivity contribution >= 4 is 21.8 Å². The molecule has 0 unspecified atom stereocenters. The molecule has 5 nitrogen and oxygen atoms in total. The number of pyridine rings is 1. The van der Waals surface area contributed by atoms with Crippen LogP contribution in [-0.2, 0) is 5.41 Å². The second-order valence-corrected chi connectivity index (χ2v) is 12.6. The van der Waals surface area contributed by atoms with Gasteiger partial charge in [-0.15, -0.1) is 0 Å². The van der Waals surface area contributed by atoms with Crippen molar-refractivity contribution in [2.45, 2.75) is 47.0 Å². The number of nitrogens with zero attached hydrogens (tertiary/aromatic N) is 4. The Morgan fingerprint density at radius 3 is 2.27 bits per heavy atom. The lowest BCUT2D eigenvalue weighted by molar-refractivity contribution is 0.482. The van der Waals surface area contributed by atoms with E-state index in [1.54, 1.807) is 0 Å². The lowest BCUT2D eigenvalue weighted by atomic mass is 9.85. The van der Waals surface area contributed by atoms with Crippen LogP contribution in [-0.4, -0.2) is 19.3 Å². The Bertz CT molecular complexity index is 2180. The largest absolute Gasteiger partial charge is 0.457 e. The maximum absolute atomic E-state index is 6.50. The lowest BCUT2D eigenvalue weighted by Crippen LogP contribution is -2.10. The van der Waals surface area contributed by atoms with Gasteiger partial charge in [-0.25, -0.2) is 9.67 Å². The average Bonchev–Trinajstić information content (AvgIpc) is 3.49. The SMILES string of the molecule is Cc1ccnc(-n2c3ccccc3c3ccc(Oc4cccc(-n5nc(C)c(-c6cccc(C(C)(C)C)c6)c5C)c4)cc32)c1. The fourth-order valence-electron chi connectivity index (χ4n) is 6.17. The number of hydrogen-bond acceptors (Lipinski definition) is 3. The third-order valence-corrected chi connectivity index (χ3v) is 8.38. The number of para-hydroxylation sites is 1. The molecular weight excluding hydrogens is 540 g/mol. The van der Waals surface area contributed by atoms with Crippen LogP contribution in [0.25, 0.3) is 44.4 Å². The standard InChI is InChI=1S/C39H36N4O/c1-25-19-20-40-37(21-25)42-35-16-8-7-15-33(35)34-18-17-32(24-36(34)42)44-31-14-10-13-30(23-31)43-27(3)38(26(2)41-43)28-11-9-12-29(22-28)39(4,5)6/h7-24H,1-6H3. The van der Waals surface area contributed by atoms with E-state index in [0.717, 1.165) is 50.8 Å². The summed E-state index contributed by atoms with van der Waals surface area (Å²) in [6, 6.07) is 35.8. The van der Waals surface area contributed by atoms with E-state index < -0.39 is 0 Å². The molecule has 0 N–H and O–H groups in total. The van der Waals surface area contributed by atoms with E-state index in [1.165, 1.54) is 27.6 Å². The Hall–Kier alpha value is -5.16. The van der Waals surface area contributed by atoms with Crippen LogP contribution in [0.1, 0.15) is 43.3 Å². The summed E-state index contributed by atoms with van der Waals surface area (Å²) in [4.78, 5) is 4.71. The number of fused-ring (bicyclic) bond motifs is 3. The molecule has 0 atom stereocenters. The van der Waals surface area contributed by atoms with Crippen molar-refractivity contribution in [2.24, 2.45) is 0 Å². The predicted octanol–water partition coefficient (Wildman–Crippen LogP) is 10.0. The second-order valence-electron chi connectivity index (χ2n) is 12.6. The molecule has 0 radical (unpaired) electrons. The van der Waals surface area contributed by atoms with Crippen LogP contribution in [0, 0.1) is 20.8 Å². The van der Waals surface area contributed by atoms with Gasteiger partial charge in [0.05, 0.1) is 22.4 Å². The van der Waals surface area contributed by atoms with E-state index in [4.69, 9.17) is 14.8 Å². The first-order chi connectivity index (χ1) is 21.2. The molecule has 3 aromatic heterocycles. The number of aromatic nitrogens is 4. The number of rotatable bonds is 5. The summed E-state index contributed by atoms with van der Waals surface area (Å²) < 4.78 is 10.7. The molecule has 218 valence electrons. The molecule has 0 saturated heterocycles. The summed E-state index contributed by atoms with van der Waals surface area (Å²) in [5, 5.41) is 7.32. The molecule has 0 aliphatic heterocycles. The Morgan fingerprint density at radius 2 is 1.45 bits per heavy atom. The zero-order valence-corrected chi connectivity index (χ0v) is 26.1. The monoisotopic (exact) mass is 576 g/mol. The van der Waals surface area contributed by atoms with Crippen molar-refractivity contribution in [3.8, 4) is 34.1 Å². The molecule has 5 heteroatoms. The minimum Gasteiger partial charge on any atom is -0.457 e. The Kier molecular flexibility index (Phi) is 6.62. The summed E-state index contributed by atoms with van der Waals surface area (Å²) in [5.41, 5.74) is 10.2. The Balaban J connectivity index is 1.26. The number of ether oxygens (including phenoxy) is 1. The highest BCUT2D eigenvalue weighted by Crippen LogP contribution is 2.36. The van der Waals surface area contributed by atoms with Crippen LogP contribution >= 0.6 is 0 Å². The maximum atomic E-state index is 6.50. The first kappa shape index (κ1) is 27.7. The highest BCUT2D eigenvalue weighted by molar-refractivity contribution is 6.09. The molecule has 0 amide bonds. The van der Waals surface area contributed by atoms with E-state index in [0.29, 0.717) is 0 Å². The molecule has 0 aliphatic carbocycles. The molecule has 7 aromatic rings. The smallest absolute Gasteiger partial charge is 0.137 e. The molecule has 0 saturated carbocycles. The Labute approximate surface area is 258 Å². The van der Waals surface area contributed by atoms with E-state index in [-0.39, 0.29) is 5.41 Å². The van der Waals surface area contributed by atoms with Crippen molar-refractivity contribution in [3.05, 3.63) is 132 Å². The summed E-state index contributed by atoms with van der Waals surface area (Å²) in [5.74, 6) is 2.41. The highest BCUT2D eigenvalue weighted by atomic mass is 16.5. The molecule has 0 bridgehead atoms. The molecule has 3 heterocycles. The zero-order valence-electron chi connectivity index (χ0n) is 26.1. The van der Waals surface area contributed by atoms with Crippen molar-refractivity contribution in [1.29, 1.82) is 0 Å². The zero-order chi connectivity index (χ0) is 30.6. The quantitative estimate of drug-likeness (QED) is 0.205.